The smallest absolute Gasteiger partial charge is 0.215 e. The summed E-state index contributed by atoms with van der Waals surface area (Å²) < 4.78 is 32.4. The van der Waals surface area contributed by atoms with Crippen molar-refractivity contribution in [2.75, 3.05) is 19.0 Å². The van der Waals surface area contributed by atoms with Crippen molar-refractivity contribution in [2.24, 2.45) is 0 Å². The van der Waals surface area contributed by atoms with Crippen LogP contribution in [-0.4, -0.2) is 38.6 Å². The van der Waals surface area contributed by atoms with Crippen molar-refractivity contribution in [3.05, 3.63) is 35.9 Å². The first-order chi connectivity index (χ1) is 9.45. The molecule has 0 aliphatic carbocycles. The van der Waals surface area contributed by atoms with E-state index in [2.05, 4.69) is 4.72 Å². The second kappa shape index (κ2) is 6.22. The normalized spacial score (nSPS) is 22.6. The lowest BCUT2D eigenvalue weighted by Crippen LogP contribution is -2.48. The van der Waals surface area contributed by atoms with Crippen LogP contribution in [0, 0.1) is 0 Å². The predicted molar refractivity (Wildman–Crippen MR) is 76.8 cm³/mol. The number of rotatable bonds is 6. The second-order valence-electron chi connectivity index (χ2n) is 5.37. The Bertz CT molecular complexity index is 525. The van der Waals surface area contributed by atoms with Gasteiger partial charge in [0.2, 0.25) is 10.0 Å². The van der Waals surface area contributed by atoms with Crippen molar-refractivity contribution >= 4 is 10.0 Å². The van der Waals surface area contributed by atoms with Gasteiger partial charge in [-0.05, 0) is 25.3 Å². The minimum absolute atomic E-state index is 0.0601. The third-order valence-corrected chi connectivity index (χ3v) is 5.11. The van der Waals surface area contributed by atoms with Crippen molar-refractivity contribution in [1.29, 1.82) is 0 Å². The Hall–Kier alpha value is -0.950. The van der Waals surface area contributed by atoms with Gasteiger partial charge in [0.1, 0.15) is 0 Å². The highest BCUT2D eigenvalue weighted by Crippen LogP contribution is 2.22. The molecule has 5 nitrogen and oxygen atoms in total. The van der Waals surface area contributed by atoms with E-state index in [0.29, 0.717) is 6.61 Å². The standard InChI is InChI=1S/C14H21NO4S/c1-14(11-16,12-6-3-2-4-7-12)15-20(17,18)10-13-8-5-9-19-13/h2-4,6-7,13,15-16H,5,8-11H2,1H3. The number of hydrogen-bond acceptors (Lipinski definition) is 4. The Labute approximate surface area is 120 Å². The number of aliphatic hydroxyl groups is 1. The molecule has 0 radical (unpaired) electrons. The van der Waals surface area contributed by atoms with Crippen LogP contribution in [0.5, 0.6) is 0 Å². The van der Waals surface area contributed by atoms with Crippen molar-refractivity contribution in [3.8, 4) is 0 Å². The molecule has 1 saturated heterocycles. The van der Waals surface area contributed by atoms with Gasteiger partial charge >= 0.3 is 0 Å². The molecule has 0 aromatic heterocycles. The molecule has 0 amide bonds. The maximum Gasteiger partial charge on any atom is 0.215 e. The summed E-state index contributed by atoms with van der Waals surface area (Å²) >= 11 is 0. The van der Waals surface area contributed by atoms with E-state index in [1.54, 1.807) is 19.1 Å². The molecular weight excluding hydrogens is 278 g/mol. The van der Waals surface area contributed by atoms with Gasteiger partial charge in [-0.3, -0.25) is 0 Å². The first-order valence-electron chi connectivity index (χ1n) is 6.75. The molecule has 2 atom stereocenters. The Morgan fingerprint density at radius 3 is 2.65 bits per heavy atom. The van der Waals surface area contributed by atoms with Crippen LogP contribution in [-0.2, 0) is 20.3 Å². The average molecular weight is 299 g/mol. The van der Waals surface area contributed by atoms with Gasteiger partial charge in [0.15, 0.2) is 0 Å². The van der Waals surface area contributed by atoms with Crippen LogP contribution < -0.4 is 4.72 Å². The van der Waals surface area contributed by atoms with E-state index in [1.165, 1.54) is 0 Å². The molecule has 1 aromatic carbocycles. The quantitative estimate of drug-likeness (QED) is 0.821. The van der Waals surface area contributed by atoms with E-state index in [1.807, 2.05) is 18.2 Å². The van der Waals surface area contributed by atoms with Crippen LogP contribution in [0.15, 0.2) is 30.3 Å². The summed E-state index contributed by atoms with van der Waals surface area (Å²) in [6.45, 7) is 1.99. The van der Waals surface area contributed by atoms with Crippen LogP contribution in [0.2, 0.25) is 0 Å². The van der Waals surface area contributed by atoms with Crippen LogP contribution in [0.3, 0.4) is 0 Å². The minimum Gasteiger partial charge on any atom is -0.394 e. The highest BCUT2D eigenvalue weighted by molar-refractivity contribution is 7.89. The van der Waals surface area contributed by atoms with Gasteiger partial charge in [0, 0.05) is 6.61 Å². The Kier molecular flexibility index (Phi) is 4.80. The number of sulfonamides is 1. The van der Waals surface area contributed by atoms with Crippen molar-refractivity contribution in [2.45, 2.75) is 31.4 Å². The third kappa shape index (κ3) is 3.79. The number of benzene rings is 1. The second-order valence-corrected chi connectivity index (χ2v) is 7.14. The van der Waals surface area contributed by atoms with Crippen molar-refractivity contribution in [3.63, 3.8) is 0 Å². The SMILES string of the molecule is CC(CO)(NS(=O)(=O)CC1CCCO1)c1ccccc1. The zero-order chi connectivity index (χ0) is 14.6. The Balaban J connectivity index is 2.12. The first-order valence-corrected chi connectivity index (χ1v) is 8.40. The molecule has 112 valence electrons. The maximum absolute atomic E-state index is 12.2. The van der Waals surface area contributed by atoms with Crippen LogP contribution in [0.1, 0.15) is 25.3 Å². The Morgan fingerprint density at radius 1 is 1.40 bits per heavy atom. The van der Waals surface area contributed by atoms with E-state index >= 15 is 0 Å². The minimum atomic E-state index is -3.52. The lowest BCUT2D eigenvalue weighted by atomic mass is 9.94. The molecule has 0 spiro atoms. The van der Waals surface area contributed by atoms with Crippen LogP contribution in [0.4, 0.5) is 0 Å². The summed E-state index contributed by atoms with van der Waals surface area (Å²) in [4.78, 5) is 0. The Morgan fingerprint density at radius 2 is 2.10 bits per heavy atom. The number of hydrogen-bond donors (Lipinski definition) is 2. The molecule has 2 N–H and O–H groups in total. The van der Waals surface area contributed by atoms with Gasteiger partial charge in [-0.25, -0.2) is 13.1 Å². The zero-order valence-corrected chi connectivity index (χ0v) is 12.4. The number of ether oxygens (including phenoxy) is 1. The molecule has 2 rings (SSSR count). The third-order valence-electron chi connectivity index (χ3n) is 3.54. The molecule has 1 aromatic rings. The molecule has 1 aliphatic heterocycles. The molecule has 1 aliphatic rings. The van der Waals surface area contributed by atoms with Gasteiger partial charge in [-0.2, -0.15) is 0 Å². The number of aliphatic hydroxyl groups excluding tert-OH is 1. The van der Waals surface area contributed by atoms with E-state index < -0.39 is 15.6 Å². The lowest BCUT2D eigenvalue weighted by Gasteiger charge is -2.29. The van der Waals surface area contributed by atoms with Gasteiger partial charge < -0.3 is 9.84 Å². The molecule has 20 heavy (non-hydrogen) atoms. The van der Waals surface area contributed by atoms with Crippen molar-refractivity contribution in [1.82, 2.24) is 4.72 Å². The van der Waals surface area contributed by atoms with Gasteiger partial charge in [0.05, 0.1) is 24.0 Å². The summed E-state index contributed by atoms with van der Waals surface area (Å²) in [5, 5.41) is 9.60. The molecule has 0 bridgehead atoms. The highest BCUT2D eigenvalue weighted by Gasteiger charge is 2.33. The number of nitrogens with one attached hydrogen (secondary N) is 1. The molecule has 2 unspecified atom stereocenters. The first kappa shape index (κ1) is 15.4. The molecular formula is C14H21NO4S. The fourth-order valence-corrected chi connectivity index (χ4v) is 4.10. The molecule has 1 fully saturated rings. The molecule has 1 heterocycles. The molecule has 0 saturated carbocycles. The summed E-state index contributed by atoms with van der Waals surface area (Å²) in [5.41, 5.74) is -0.281. The summed E-state index contributed by atoms with van der Waals surface area (Å²) in [5.74, 6) is -0.0601. The van der Waals surface area contributed by atoms with E-state index in [0.717, 1.165) is 18.4 Å². The molecule has 6 heteroatoms. The van der Waals surface area contributed by atoms with E-state index in [4.69, 9.17) is 4.74 Å². The van der Waals surface area contributed by atoms with Crippen LogP contribution >= 0.6 is 0 Å². The highest BCUT2D eigenvalue weighted by atomic mass is 32.2. The van der Waals surface area contributed by atoms with Crippen molar-refractivity contribution < 1.29 is 18.3 Å². The fraction of sp³-hybridized carbons (Fsp3) is 0.571. The monoisotopic (exact) mass is 299 g/mol. The van der Waals surface area contributed by atoms with Gasteiger partial charge in [0.25, 0.3) is 0 Å². The maximum atomic E-state index is 12.2. The fourth-order valence-electron chi connectivity index (χ4n) is 2.39. The summed E-state index contributed by atoms with van der Waals surface area (Å²) in [7, 11) is -3.52. The largest absolute Gasteiger partial charge is 0.394 e. The van der Waals surface area contributed by atoms with Crippen LogP contribution in [0.25, 0.3) is 0 Å². The zero-order valence-electron chi connectivity index (χ0n) is 11.6. The van der Waals surface area contributed by atoms with Gasteiger partial charge in [-0.1, -0.05) is 30.3 Å². The van der Waals surface area contributed by atoms with E-state index in [9.17, 15) is 13.5 Å². The topological polar surface area (TPSA) is 75.6 Å². The summed E-state index contributed by atoms with van der Waals surface area (Å²) in [6, 6.07) is 9.08. The predicted octanol–water partition coefficient (Wildman–Crippen LogP) is 0.992. The average Bonchev–Trinajstić information content (AvgIpc) is 2.91. The van der Waals surface area contributed by atoms with E-state index in [-0.39, 0.29) is 18.5 Å². The lowest BCUT2D eigenvalue weighted by molar-refractivity contribution is 0.126. The summed E-state index contributed by atoms with van der Waals surface area (Å²) in [6.07, 6.45) is 1.42. The van der Waals surface area contributed by atoms with Gasteiger partial charge in [-0.15, -0.1) is 0 Å².